The van der Waals surface area contributed by atoms with Crippen molar-refractivity contribution in [3.05, 3.63) is 66.2 Å². The molecule has 3 nitrogen and oxygen atoms in total. The Morgan fingerprint density at radius 3 is 2.74 bits per heavy atom. The summed E-state index contributed by atoms with van der Waals surface area (Å²) in [5.41, 5.74) is 7.89. The van der Waals surface area contributed by atoms with Crippen LogP contribution < -0.4 is 10.5 Å². The van der Waals surface area contributed by atoms with Crippen LogP contribution in [0.3, 0.4) is 0 Å². The molecule has 19 heavy (non-hydrogen) atoms. The molecule has 0 saturated carbocycles. The normalized spacial score (nSPS) is 9.63. The van der Waals surface area contributed by atoms with Crippen LogP contribution in [-0.4, -0.2) is 0 Å². The lowest BCUT2D eigenvalue weighted by molar-refractivity contribution is 0.476. The van der Waals surface area contributed by atoms with Gasteiger partial charge in [0.05, 0.1) is 5.56 Å². The average Bonchev–Trinajstić information content (AvgIpc) is 2.43. The molecule has 0 aliphatic heterocycles. The van der Waals surface area contributed by atoms with Crippen molar-refractivity contribution in [1.29, 1.82) is 5.26 Å². The van der Waals surface area contributed by atoms with Crippen LogP contribution in [0.5, 0.6) is 11.5 Å². The first-order chi connectivity index (χ1) is 9.24. The quantitative estimate of drug-likeness (QED) is 0.665. The van der Waals surface area contributed by atoms with E-state index in [0.717, 1.165) is 5.56 Å². The van der Waals surface area contributed by atoms with Gasteiger partial charge in [-0.25, -0.2) is 0 Å². The highest BCUT2D eigenvalue weighted by Crippen LogP contribution is 2.29. The maximum Gasteiger partial charge on any atom is 0.145 e. The lowest BCUT2D eigenvalue weighted by Gasteiger charge is -2.11. The molecule has 0 saturated heterocycles. The molecule has 2 aromatic rings. The van der Waals surface area contributed by atoms with Crippen LogP contribution in [0.25, 0.3) is 0 Å². The highest BCUT2D eigenvalue weighted by atomic mass is 16.5. The zero-order chi connectivity index (χ0) is 13.7. The van der Waals surface area contributed by atoms with Gasteiger partial charge in [0.2, 0.25) is 0 Å². The number of hydrogen-bond donors (Lipinski definition) is 1. The summed E-state index contributed by atoms with van der Waals surface area (Å²) in [6.07, 6.45) is 2.45. The fourth-order valence-electron chi connectivity index (χ4n) is 1.78. The number of hydrogen-bond acceptors (Lipinski definition) is 3. The third-order valence-electron chi connectivity index (χ3n) is 2.68. The SMILES string of the molecule is C=CCc1cc(N)ccc1Oc1ccccc1C#N. The second-order valence-electron chi connectivity index (χ2n) is 4.07. The summed E-state index contributed by atoms with van der Waals surface area (Å²) in [4.78, 5) is 0. The van der Waals surface area contributed by atoms with E-state index in [1.54, 1.807) is 30.3 Å². The van der Waals surface area contributed by atoms with Gasteiger partial charge >= 0.3 is 0 Å². The summed E-state index contributed by atoms with van der Waals surface area (Å²) < 4.78 is 5.81. The van der Waals surface area contributed by atoms with Gasteiger partial charge in [0.1, 0.15) is 17.6 Å². The topological polar surface area (TPSA) is 59.0 Å². The summed E-state index contributed by atoms with van der Waals surface area (Å²) in [6.45, 7) is 3.72. The van der Waals surface area contributed by atoms with E-state index in [1.165, 1.54) is 0 Å². The van der Waals surface area contributed by atoms with Crippen molar-refractivity contribution in [2.24, 2.45) is 0 Å². The van der Waals surface area contributed by atoms with Gasteiger partial charge in [0.15, 0.2) is 0 Å². The summed E-state index contributed by atoms with van der Waals surface area (Å²) in [5.74, 6) is 1.23. The van der Waals surface area contributed by atoms with Gasteiger partial charge in [-0.05, 0) is 36.8 Å². The maximum absolute atomic E-state index is 9.05. The highest BCUT2D eigenvalue weighted by molar-refractivity contribution is 5.51. The van der Waals surface area contributed by atoms with Crippen molar-refractivity contribution in [3.63, 3.8) is 0 Å². The van der Waals surface area contributed by atoms with Crippen LogP contribution in [0.2, 0.25) is 0 Å². The number of nitrogen functional groups attached to an aromatic ring is 1. The van der Waals surface area contributed by atoms with Gasteiger partial charge in [-0.1, -0.05) is 18.2 Å². The van der Waals surface area contributed by atoms with Crippen LogP contribution in [0, 0.1) is 11.3 Å². The summed E-state index contributed by atoms with van der Waals surface area (Å²) in [5, 5.41) is 9.05. The predicted octanol–water partition coefficient (Wildman–Crippen LogP) is 3.66. The second-order valence-corrected chi connectivity index (χ2v) is 4.07. The molecule has 0 spiro atoms. The van der Waals surface area contributed by atoms with Gasteiger partial charge in [0.25, 0.3) is 0 Å². The van der Waals surface area contributed by atoms with E-state index in [0.29, 0.717) is 29.2 Å². The Kier molecular flexibility index (Phi) is 3.84. The Labute approximate surface area is 112 Å². The fraction of sp³-hybridized carbons (Fsp3) is 0.0625. The summed E-state index contributed by atoms with van der Waals surface area (Å²) >= 11 is 0. The minimum atomic E-state index is 0.504. The van der Waals surface area contributed by atoms with E-state index >= 15 is 0 Å². The minimum absolute atomic E-state index is 0.504. The van der Waals surface area contributed by atoms with E-state index in [4.69, 9.17) is 15.7 Å². The molecule has 0 aliphatic carbocycles. The Balaban J connectivity index is 2.38. The van der Waals surface area contributed by atoms with Crippen molar-refractivity contribution in [2.45, 2.75) is 6.42 Å². The van der Waals surface area contributed by atoms with E-state index in [1.807, 2.05) is 18.2 Å². The summed E-state index contributed by atoms with van der Waals surface area (Å²) in [6, 6.07) is 14.7. The summed E-state index contributed by atoms with van der Waals surface area (Å²) in [7, 11) is 0. The van der Waals surface area contributed by atoms with Gasteiger partial charge < -0.3 is 10.5 Å². The van der Waals surface area contributed by atoms with Crippen LogP contribution in [0.4, 0.5) is 5.69 Å². The first-order valence-corrected chi connectivity index (χ1v) is 5.91. The first-order valence-electron chi connectivity index (χ1n) is 5.91. The lowest BCUT2D eigenvalue weighted by atomic mass is 10.1. The third-order valence-corrected chi connectivity index (χ3v) is 2.68. The van der Waals surface area contributed by atoms with E-state index in [2.05, 4.69) is 12.6 Å². The van der Waals surface area contributed by atoms with Crippen molar-refractivity contribution in [1.82, 2.24) is 0 Å². The molecule has 3 heteroatoms. The van der Waals surface area contributed by atoms with Crippen LogP contribution in [0.15, 0.2) is 55.1 Å². The molecule has 0 fully saturated rings. The van der Waals surface area contributed by atoms with Gasteiger partial charge in [-0.3, -0.25) is 0 Å². The van der Waals surface area contributed by atoms with Crippen LogP contribution >= 0.6 is 0 Å². The van der Waals surface area contributed by atoms with Crippen molar-refractivity contribution < 1.29 is 4.74 Å². The molecule has 94 valence electrons. The Morgan fingerprint density at radius 2 is 2.00 bits per heavy atom. The molecule has 0 unspecified atom stereocenters. The smallest absolute Gasteiger partial charge is 0.145 e. The number of benzene rings is 2. The second kappa shape index (κ2) is 5.74. The van der Waals surface area contributed by atoms with Gasteiger partial charge in [-0.15, -0.1) is 6.58 Å². The molecule has 0 aliphatic rings. The molecule has 0 atom stereocenters. The number of nitriles is 1. The van der Waals surface area contributed by atoms with Gasteiger partial charge in [0, 0.05) is 11.3 Å². The number of nitrogens with two attached hydrogens (primary N) is 1. The first kappa shape index (κ1) is 12.7. The zero-order valence-electron chi connectivity index (χ0n) is 10.5. The maximum atomic E-state index is 9.05. The zero-order valence-corrected chi connectivity index (χ0v) is 10.5. The largest absolute Gasteiger partial charge is 0.456 e. The monoisotopic (exact) mass is 250 g/mol. The molecule has 0 aromatic heterocycles. The Bertz CT molecular complexity index is 641. The number of anilines is 1. The van der Waals surface area contributed by atoms with Crippen LogP contribution in [0.1, 0.15) is 11.1 Å². The average molecular weight is 250 g/mol. The molecule has 0 radical (unpaired) electrons. The molecule has 2 rings (SSSR count). The van der Waals surface area contributed by atoms with Gasteiger partial charge in [-0.2, -0.15) is 5.26 Å². The molecule has 0 bridgehead atoms. The highest BCUT2D eigenvalue weighted by Gasteiger charge is 2.07. The number of allylic oxidation sites excluding steroid dienone is 1. The lowest BCUT2D eigenvalue weighted by Crippen LogP contribution is -1.95. The Morgan fingerprint density at radius 1 is 1.21 bits per heavy atom. The number of para-hydroxylation sites is 1. The van der Waals surface area contributed by atoms with Crippen molar-refractivity contribution in [3.8, 4) is 17.6 Å². The number of ether oxygens (including phenoxy) is 1. The standard InChI is InChI=1S/C16H14N2O/c1-2-5-12-10-14(18)8-9-16(12)19-15-7-4-3-6-13(15)11-17/h2-4,6-10H,1,5,18H2. The number of nitrogens with zero attached hydrogens (tertiary/aromatic N) is 1. The van der Waals surface area contributed by atoms with Crippen LogP contribution in [-0.2, 0) is 6.42 Å². The molecular weight excluding hydrogens is 236 g/mol. The molecule has 0 heterocycles. The number of rotatable bonds is 4. The fourth-order valence-corrected chi connectivity index (χ4v) is 1.78. The minimum Gasteiger partial charge on any atom is -0.456 e. The Hall–Kier alpha value is -2.73. The molecular formula is C16H14N2O. The van der Waals surface area contributed by atoms with E-state index in [-0.39, 0.29) is 0 Å². The molecule has 0 amide bonds. The molecule has 2 aromatic carbocycles. The van der Waals surface area contributed by atoms with E-state index in [9.17, 15) is 0 Å². The van der Waals surface area contributed by atoms with Crippen molar-refractivity contribution >= 4 is 5.69 Å². The third kappa shape index (κ3) is 2.93. The predicted molar refractivity (Wildman–Crippen MR) is 76.0 cm³/mol. The molecule has 2 N–H and O–H groups in total. The van der Waals surface area contributed by atoms with E-state index < -0.39 is 0 Å². The van der Waals surface area contributed by atoms with Crippen molar-refractivity contribution in [2.75, 3.05) is 5.73 Å².